The normalized spacial score (nSPS) is 16.8. The van der Waals surface area contributed by atoms with Gasteiger partial charge in [0.2, 0.25) is 0 Å². The topological polar surface area (TPSA) is 59.7 Å². The maximum Gasteiger partial charge on any atom is 0.341 e. The Morgan fingerprint density at radius 2 is 2.00 bits per heavy atom. The van der Waals surface area contributed by atoms with Crippen molar-refractivity contribution in [3.63, 3.8) is 0 Å². The zero-order chi connectivity index (χ0) is 14.7. The van der Waals surface area contributed by atoms with Crippen LogP contribution in [0.4, 0.5) is 0 Å². The maximum atomic E-state index is 11.8. The molecule has 3 heterocycles. The Morgan fingerprint density at radius 3 is 2.71 bits per heavy atom. The molecule has 0 spiro atoms. The first-order valence-electron chi connectivity index (χ1n) is 7.43. The molecule has 0 atom stereocenters. The van der Waals surface area contributed by atoms with Gasteiger partial charge in [0.05, 0.1) is 13.7 Å². The molecule has 1 aliphatic rings. The third-order valence-corrected chi connectivity index (χ3v) is 3.97. The molecular formula is C15H20N4O2. The van der Waals surface area contributed by atoms with Crippen LogP contribution in [-0.4, -0.2) is 45.7 Å². The Kier molecular flexibility index (Phi) is 4.15. The second-order valence-corrected chi connectivity index (χ2v) is 5.41. The average molecular weight is 288 g/mol. The number of hydrogen-bond acceptors (Lipinski definition) is 5. The van der Waals surface area contributed by atoms with E-state index in [0.29, 0.717) is 11.2 Å². The molecule has 1 saturated heterocycles. The number of fused-ring (bicyclic) bond motifs is 1. The van der Waals surface area contributed by atoms with Gasteiger partial charge in [-0.05, 0) is 38.1 Å². The molecule has 1 fully saturated rings. The van der Waals surface area contributed by atoms with Crippen molar-refractivity contribution in [1.82, 2.24) is 19.5 Å². The van der Waals surface area contributed by atoms with E-state index in [0.717, 1.165) is 25.5 Å². The zero-order valence-electron chi connectivity index (χ0n) is 12.3. The largest absolute Gasteiger partial charge is 0.465 e. The second kappa shape index (κ2) is 6.22. The summed E-state index contributed by atoms with van der Waals surface area (Å²) in [5.74, 6) is 0.493. The number of pyridine rings is 1. The monoisotopic (exact) mass is 288 g/mol. The van der Waals surface area contributed by atoms with Crippen molar-refractivity contribution in [3.8, 4) is 0 Å². The van der Waals surface area contributed by atoms with E-state index in [-0.39, 0.29) is 5.97 Å². The number of nitrogens with zero attached hydrogens (tertiary/aromatic N) is 4. The van der Waals surface area contributed by atoms with E-state index in [4.69, 9.17) is 4.74 Å². The minimum absolute atomic E-state index is 0.380. The molecule has 0 saturated carbocycles. The highest BCUT2D eigenvalue weighted by Crippen LogP contribution is 2.15. The minimum atomic E-state index is -0.380. The van der Waals surface area contributed by atoms with Crippen LogP contribution in [0.1, 0.15) is 41.9 Å². The van der Waals surface area contributed by atoms with E-state index in [2.05, 4.69) is 15.1 Å². The molecule has 1 aliphatic heterocycles. The number of rotatable bonds is 3. The number of methoxy groups -OCH3 is 1. The number of aromatic nitrogens is 3. The Labute approximate surface area is 123 Å². The lowest BCUT2D eigenvalue weighted by Gasteiger charge is -2.18. The first-order chi connectivity index (χ1) is 10.3. The Hall–Kier alpha value is -1.95. The molecule has 2 aromatic heterocycles. The molecule has 0 aromatic carbocycles. The van der Waals surface area contributed by atoms with Gasteiger partial charge in [-0.2, -0.15) is 0 Å². The van der Waals surface area contributed by atoms with Gasteiger partial charge in [-0.1, -0.05) is 12.8 Å². The van der Waals surface area contributed by atoms with Gasteiger partial charge >= 0.3 is 5.97 Å². The summed E-state index contributed by atoms with van der Waals surface area (Å²) in [6.45, 7) is 2.98. The van der Waals surface area contributed by atoms with Crippen molar-refractivity contribution in [2.24, 2.45) is 0 Å². The molecule has 6 heteroatoms. The summed E-state index contributed by atoms with van der Waals surface area (Å²) in [6.07, 6.45) is 7.00. The van der Waals surface area contributed by atoms with E-state index in [9.17, 15) is 4.79 Å². The van der Waals surface area contributed by atoms with Crippen molar-refractivity contribution in [2.45, 2.75) is 32.2 Å². The molecule has 3 rings (SSSR count). The summed E-state index contributed by atoms with van der Waals surface area (Å²) in [4.78, 5) is 14.2. The molecule has 0 unspecified atom stereocenters. The highest BCUT2D eigenvalue weighted by atomic mass is 16.5. The second-order valence-electron chi connectivity index (χ2n) is 5.41. The molecule has 0 amide bonds. The van der Waals surface area contributed by atoms with Gasteiger partial charge in [-0.15, -0.1) is 10.2 Å². The van der Waals surface area contributed by atoms with Gasteiger partial charge in [0.1, 0.15) is 5.56 Å². The van der Waals surface area contributed by atoms with Crippen molar-refractivity contribution in [2.75, 3.05) is 20.2 Å². The van der Waals surface area contributed by atoms with Gasteiger partial charge in [0.15, 0.2) is 11.5 Å². The van der Waals surface area contributed by atoms with Gasteiger partial charge < -0.3 is 4.74 Å². The van der Waals surface area contributed by atoms with Crippen molar-refractivity contribution in [1.29, 1.82) is 0 Å². The van der Waals surface area contributed by atoms with Crippen molar-refractivity contribution >= 4 is 11.6 Å². The molecule has 0 aliphatic carbocycles. The number of carbonyl (C=O) groups is 1. The summed E-state index contributed by atoms with van der Waals surface area (Å²) >= 11 is 0. The molecule has 21 heavy (non-hydrogen) atoms. The molecule has 2 aromatic rings. The zero-order valence-corrected chi connectivity index (χ0v) is 12.3. The lowest BCUT2D eigenvalue weighted by molar-refractivity contribution is 0.0602. The van der Waals surface area contributed by atoms with Crippen LogP contribution in [0.25, 0.3) is 5.65 Å². The van der Waals surface area contributed by atoms with E-state index in [1.165, 1.54) is 32.8 Å². The van der Waals surface area contributed by atoms with E-state index < -0.39 is 0 Å². The molecule has 6 nitrogen and oxygen atoms in total. The number of ether oxygens (including phenoxy) is 1. The van der Waals surface area contributed by atoms with E-state index in [1.54, 1.807) is 6.07 Å². The molecule has 0 bridgehead atoms. The Balaban J connectivity index is 1.88. The lowest BCUT2D eigenvalue weighted by Crippen LogP contribution is -2.25. The SMILES string of the molecule is COC(=O)c1cccn2c(CN3CCCCCC3)nnc12. The van der Waals surface area contributed by atoms with Crippen LogP contribution in [0, 0.1) is 0 Å². The van der Waals surface area contributed by atoms with Crippen LogP contribution in [0.2, 0.25) is 0 Å². The first-order valence-corrected chi connectivity index (χ1v) is 7.43. The molecule has 0 N–H and O–H groups in total. The van der Waals surface area contributed by atoms with Crippen molar-refractivity contribution in [3.05, 3.63) is 29.7 Å². The lowest BCUT2D eigenvalue weighted by atomic mass is 10.2. The average Bonchev–Trinajstić information content (AvgIpc) is 2.74. The van der Waals surface area contributed by atoms with Crippen LogP contribution in [-0.2, 0) is 11.3 Å². The maximum absolute atomic E-state index is 11.8. The smallest absolute Gasteiger partial charge is 0.341 e. The molecular weight excluding hydrogens is 268 g/mol. The highest BCUT2D eigenvalue weighted by molar-refractivity contribution is 5.95. The van der Waals surface area contributed by atoms with Crippen LogP contribution >= 0.6 is 0 Å². The number of hydrogen-bond donors (Lipinski definition) is 0. The summed E-state index contributed by atoms with van der Waals surface area (Å²) in [5, 5.41) is 8.42. The predicted molar refractivity (Wildman–Crippen MR) is 78.1 cm³/mol. The quantitative estimate of drug-likeness (QED) is 0.807. The Morgan fingerprint density at radius 1 is 1.24 bits per heavy atom. The summed E-state index contributed by atoms with van der Waals surface area (Å²) < 4.78 is 6.68. The van der Waals surface area contributed by atoms with Gasteiger partial charge in [0.25, 0.3) is 0 Å². The summed E-state index contributed by atoms with van der Waals surface area (Å²) in [5.41, 5.74) is 1.02. The fourth-order valence-electron chi connectivity index (χ4n) is 2.84. The third kappa shape index (κ3) is 2.90. The van der Waals surface area contributed by atoms with Crippen LogP contribution < -0.4 is 0 Å². The number of carbonyl (C=O) groups excluding carboxylic acids is 1. The fourth-order valence-corrected chi connectivity index (χ4v) is 2.84. The van der Waals surface area contributed by atoms with E-state index >= 15 is 0 Å². The predicted octanol–water partition coefficient (Wildman–Crippen LogP) is 1.89. The Bertz CT molecular complexity index is 630. The van der Waals surface area contributed by atoms with Crippen LogP contribution in [0.5, 0.6) is 0 Å². The van der Waals surface area contributed by atoms with Crippen molar-refractivity contribution < 1.29 is 9.53 Å². The van der Waals surface area contributed by atoms with Crippen LogP contribution in [0.3, 0.4) is 0 Å². The highest BCUT2D eigenvalue weighted by Gasteiger charge is 2.17. The molecule has 0 radical (unpaired) electrons. The van der Waals surface area contributed by atoms with Crippen LogP contribution in [0.15, 0.2) is 18.3 Å². The van der Waals surface area contributed by atoms with Gasteiger partial charge in [0, 0.05) is 6.20 Å². The summed E-state index contributed by atoms with van der Waals surface area (Å²) in [7, 11) is 1.38. The fraction of sp³-hybridized carbons (Fsp3) is 0.533. The third-order valence-electron chi connectivity index (χ3n) is 3.97. The van der Waals surface area contributed by atoms with Gasteiger partial charge in [-0.3, -0.25) is 9.30 Å². The first kappa shape index (κ1) is 14.0. The standard InChI is InChI=1S/C15H20N4O2/c1-21-15(20)12-7-6-10-19-13(16-17-14(12)19)11-18-8-4-2-3-5-9-18/h6-7,10H,2-5,8-9,11H2,1H3. The van der Waals surface area contributed by atoms with Gasteiger partial charge in [-0.25, -0.2) is 4.79 Å². The molecule has 112 valence electrons. The number of likely N-dealkylation sites (tertiary alicyclic amines) is 1. The minimum Gasteiger partial charge on any atom is -0.465 e. The van der Waals surface area contributed by atoms with E-state index in [1.807, 2.05) is 16.7 Å². The summed E-state index contributed by atoms with van der Waals surface area (Å²) in [6, 6.07) is 3.54. The number of esters is 1.